The summed E-state index contributed by atoms with van der Waals surface area (Å²) in [5.41, 5.74) is 4.20. The third-order valence-electron chi connectivity index (χ3n) is 3.49. The van der Waals surface area contributed by atoms with Gasteiger partial charge in [0.15, 0.2) is 0 Å². The predicted molar refractivity (Wildman–Crippen MR) is 90.4 cm³/mol. The van der Waals surface area contributed by atoms with Gasteiger partial charge in [-0.15, -0.1) is 0 Å². The average molecular weight is 300 g/mol. The molecule has 0 saturated carbocycles. The maximum atomic E-state index is 5.99. The molecule has 0 spiro atoms. The SMILES string of the molecule is CCOc1cccc(N(C)N)c1COc1ccc(C)cc1C. The van der Waals surface area contributed by atoms with Crippen LogP contribution in [0.2, 0.25) is 0 Å². The van der Waals surface area contributed by atoms with E-state index >= 15 is 0 Å². The van der Waals surface area contributed by atoms with Crippen molar-refractivity contribution in [3.05, 3.63) is 53.1 Å². The Morgan fingerprint density at radius 1 is 1.05 bits per heavy atom. The maximum absolute atomic E-state index is 5.99. The Hall–Kier alpha value is -2.20. The zero-order chi connectivity index (χ0) is 16.1. The van der Waals surface area contributed by atoms with Crippen LogP contribution in [0.15, 0.2) is 36.4 Å². The van der Waals surface area contributed by atoms with Gasteiger partial charge in [0.05, 0.1) is 17.9 Å². The number of benzene rings is 2. The smallest absolute Gasteiger partial charge is 0.128 e. The quantitative estimate of drug-likeness (QED) is 0.654. The molecule has 0 radical (unpaired) electrons. The highest BCUT2D eigenvalue weighted by Crippen LogP contribution is 2.30. The summed E-state index contributed by atoms with van der Waals surface area (Å²) < 4.78 is 11.7. The summed E-state index contributed by atoms with van der Waals surface area (Å²) in [7, 11) is 1.81. The lowest BCUT2D eigenvalue weighted by molar-refractivity contribution is 0.285. The van der Waals surface area contributed by atoms with Crippen LogP contribution in [0.5, 0.6) is 11.5 Å². The van der Waals surface area contributed by atoms with Gasteiger partial charge in [0.2, 0.25) is 0 Å². The zero-order valence-electron chi connectivity index (χ0n) is 13.7. The molecule has 2 aromatic rings. The van der Waals surface area contributed by atoms with E-state index in [1.165, 1.54) is 5.56 Å². The number of nitrogens with zero attached hydrogens (tertiary/aromatic N) is 1. The van der Waals surface area contributed by atoms with Gasteiger partial charge in [-0.1, -0.05) is 23.8 Å². The van der Waals surface area contributed by atoms with Crippen LogP contribution in [0.25, 0.3) is 0 Å². The molecule has 0 amide bonds. The average Bonchev–Trinajstić information content (AvgIpc) is 2.47. The molecule has 0 bridgehead atoms. The Kier molecular flexibility index (Phi) is 5.28. The Balaban J connectivity index is 2.27. The minimum atomic E-state index is 0.414. The fourth-order valence-electron chi connectivity index (χ4n) is 2.43. The van der Waals surface area contributed by atoms with Gasteiger partial charge in [0, 0.05) is 7.05 Å². The first kappa shape index (κ1) is 16.2. The molecule has 0 aromatic heterocycles. The lowest BCUT2D eigenvalue weighted by Crippen LogP contribution is -2.26. The molecule has 0 aliphatic heterocycles. The normalized spacial score (nSPS) is 10.4. The summed E-state index contributed by atoms with van der Waals surface area (Å²) in [6.45, 7) is 7.11. The van der Waals surface area contributed by atoms with E-state index in [-0.39, 0.29) is 0 Å². The fraction of sp³-hybridized carbons (Fsp3) is 0.333. The number of nitrogens with two attached hydrogens (primary N) is 1. The maximum Gasteiger partial charge on any atom is 0.128 e. The number of hydrogen-bond donors (Lipinski definition) is 1. The van der Waals surface area contributed by atoms with Crippen molar-refractivity contribution in [3.63, 3.8) is 0 Å². The molecular weight excluding hydrogens is 276 g/mol. The molecule has 4 nitrogen and oxygen atoms in total. The van der Waals surface area contributed by atoms with E-state index in [4.69, 9.17) is 15.3 Å². The van der Waals surface area contributed by atoms with Crippen molar-refractivity contribution in [2.45, 2.75) is 27.4 Å². The molecule has 22 heavy (non-hydrogen) atoms. The molecule has 0 aliphatic carbocycles. The van der Waals surface area contributed by atoms with E-state index in [9.17, 15) is 0 Å². The summed E-state index contributed by atoms with van der Waals surface area (Å²) in [6, 6.07) is 12.0. The Bertz CT molecular complexity index is 639. The number of ether oxygens (including phenoxy) is 2. The van der Waals surface area contributed by atoms with Crippen LogP contribution < -0.4 is 20.3 Å². The van der Waals surface area contributed by atoms with Crippen molar-refractivity contribution >= 4 is 5.69 Å². The number of aryl methyl sites for hydroxylation is 2. The van der Waals surface area contributed by atoms with Gasteiger partial charge >= 0.3 is 0 Å². The Morgan fingerprint density at radius 2 is 1.82 bits per heavy atom. The molecule has 0 heterocycles. The zero-order valence-corrected chi connectivity index (χ0v) is 13.7. The minimum Gasteiger partial charge on any atom is -0.493 e. The van der Waals surface area contributed by atoms with Crippen LogP contribution in [-0.2, 0) is 6.61 Å². The topological polar surface area (TPSA) is 47.7 Å². The van der Waals surface area contributed by atoms with Gasteiger partial charge in [-0.3, -0.25) is 0 Å². The van der Waals surface area contributed by atoms with Crippen molar-refractivity contribution in [3.8, 4) is 11.5 Å². The largest absolute Gasteiger partial charge is 0.493 e. The minimum absolute atomic E-state index is 0.414. The van der Waals surface area contributed by atoms with Crippen molar-refractivity contribution in [1.29, 1.82) is 0 Å². The van der Waals surface area contributed by atoms with Gasteiger partial charge in [0.25, 0.3) is 0 Å². The molecule has 2 rings (SSSR count). The summed E-state index contributed by atoms with van der Waals surface area (Å²) >= 11 is 0. The van der Waals surface area contributed by atoms with Crippen molar-refractivity contribution in [2.24, 2.45) is 5.84 Å². The molecule has 0 fully saturated rings. The van der Waals surface area contributed by atoms with E-state index in [1.807, 2.05) is 51.2 Å². The lowest BCUT2D eigenvalue weighted by atomic mass is 10.1. The van der Waals surface area contributed by atoms with Gasteiger partial charge in [-0.05, 0) is 44.5 Å². The molecule has 0 unspecified atom stereocenters. The summed E-state index contributed by atoms with van der Waals surface area (Å²) in [4.78, 5) is 0. The van der Waals surface area contributed by atoms with Crippen molar-refractivity contribution < 1.29 is 9.47 Å². The molecular formula is C18H24N2O2. The second-order valence-corrected chi connectivity index (χ2v) is 5.36. The van der Waals surface area contributed by atoms with Gasteiger partial charge in [-0.25, -0.2) is 5.84 Å². The molecule has 4 heteroatoms. The highest BCUT2D eigenvalue weighted by Gasteiger charge is 2.13. The van der Waals surface area contributed by atoms with Crippen molar-refractivity contribution in [2.75, 3.05) is 18.7 Å². The number of hydrogen-bond acceptors (Lipinski definition) is 4. The van der Waals surface area contributed by atoms with E-state index in [0.29, 0.717) is 13.2 Å². The second kappa shape index (κ2) is 7.18. The third-order valence-corrected chi connectivity index (χ3v) is 3.49. The number of anilines is 1. The highest BCUT2D eigenvalue weighted by molar-refractivity contribution is 5.58. The fourth-order valence-corrected chi connectivity index (χ4v) is 2.43. The van der Waals surface area contributed by atoms with Gasteiger partial charge in [0.1, 0.15) is 18.1 Å². The monoisotopic (exact) mass is 300 g/mol. The second-order valence-electron chi connectivity index (χ2n) is 5.36. The first-order chi connectivity index (χ1) is 10.5. The van der Waals surface area contributed by atoms with Gasteiger partial charge in [-0.2, -0.15) is 0 Å². The van der Waals surface area contributed by atoms with Crippen LogP contribution in [0.1, 0.15) is 23.6 Å². The Morgan fingerprint density at radius 3 is 2.45 bits per heavy atom. The van der Waals surface area contributed by atoms with Crippen LogP contribution in [0.4, 0.5) is 5.69 Å². The number of rotatable bonds is 6. The standard InChI is InChI=1S/C18H24N2O2/c1-5-21-18-8-6-7-16(20(4)19)15(18)12-22-17-10-9-13(2)11-14(17)3/h6-11H,5,12,19H2,1-4H3. The lowest BCUT2D eigenvalue weighted by Gasteiger charge is -2.20. The molecule has 2 N–H and O–H groups in total. The molecule has 0 saturated heterocycles. The predicted octanol–water partition coefficient (Wildman–Crippen LogP) is 3.59. The van der Waals surface area contributed by atoms with Crippen molar-refractivity contribution in [1.82, 2.24) is 0 Å². The third kappa shape index (κ3) is 3.71. The summed E-state index contributed by atoms with van der Waals surface area (Å²) in [6.07, 6.45) is 0. The van der Waals surface area contributed by atoms with E-state index in [0.717, 1.165) is 28.3 Å². The summed E-state index contributed by atoms with van der Waals surface area (Å²) in [5, 5.41) is 1.59. The van der Waals surface area contributed by atoms with Crippen LogP contribution >= 0.6 is 0 Å². The molecule has 118 valence electrons. The van der Waals surface area contributed by atoms with Crippen LogP contribution in [0.3, 0.4) is 0 Å². The molecule has 0 atom stereocenters. The van der Waals surface area contributed by atoms with E-state index < -0.39 is 0 Å². The van der Waals surface area contributed by atoms with Gasteiger partial charge < -0.3 is 14.5 Å². The molecule has 0 aliphatic rings. The molecule has 2 aromatic carbocycles. The van der Waals surface area contributed by atoms with Crippen LogP contribution in [0, 0.1) is 13.8 Å². The van der Waals surface area contributed by atoms with Crippen LogP contribution in [-0.4, -0.2) is 13.7 Å². The first-order valence-corrected chi connectivity index (χ1v) is 7.46. The van der Waals surface area contributed by atoms with E-state index in [2.05, 4.69) is 13.0 Å². The first-order valence-electron chi connectivity index (χ1n) is 7.46. The van der Waals surface area contributed by atoms with E-state index in [1.54, 1.807) is 5.01 Å². The Labute approximate surface area is 132 Å². The number of hydrazine groups is 1. The highest BCUT2D eigenvalue weighted by atomic mass is 16.5. The summed E-state index contributed by atoms with van der Waals surface area (Å²) in [5.74, 6) is 7.61.